The van der Waals surface area contributed by atoms with Crippen LogP contribution in [0.3, 0.4) is 0 Å². The first kappa shape index (κ1) is 13.7. The Hall–Kier alpha value is -1.69. The van der Waals surface area contributed by atoms with Crippen molar-refractivity contribution in [2.24, 2.45) is 0 Å². The highest BCUT2D eigenvalue weighted by molar-refractivity contribution is 7.99. The number of Topliss-reactive ketones (excluding diaryl/α,β-unsaturated/α-hetero) is 1. The van der Waals surface area contributed by atoms with Crippen LogP contribution in [-0.4, -0.2) is 26.3 Å². The van der Waals surface area contributed by atoms with Crippen molar-refractivity contribution in [1.82, 2.24) is 14.8 Å². The first-order valence-electron chi connectivity index (χ1n) is 5.93. The summed E-state index contributed by atoms with van der Waals surface area (Å²) in [7, 11) is 0. The van der Waals surface area contributed by atoms with Gasteiger partial charge in [0.2, 0.25) is 0 Å². The number of aromatic nitrogens is 3. The number of benzene rings is 1. The number of rotatable bonds is 5. The van der Waals surface area contributed by atoms with Crippen molar-refractivity contribution in [1.29, 1.82) is 0 Å². The van der Waals surface area contributed by atoms with Crippen molar-refractivity contribution in [3.63, 3.8) is 0 Å². The summed E-state index contributed by atoms with van der Waals surface area (Å²) in [6, 6.07) is 5.56. The molecule has 0 amide bonds. The number of hydrogen-bond donors (Lipinski definition) is 0. The van der Waals surface area contributed by atoms with Gasteiger partial charge in [-0.2, -0.15) is 0 Å². The van der Waals surface area contributed by atoms with E-state index in [1.54, 1.807) is 0 Å². The average Bonchev–Trinajstić information content (AvgIpc) is 2.77. The lowest BCUT2D eigenvalue weighted by Crippen LogP contribution is -2.05. The van der Waals surface area contributed by atoms with E-state index in [0.29, 0.717) is 5.56 Å². The number of carbonyl (C=O) groups excluding carboxylic acids is 1. The van der Waals surface area contributed by atoms with Crippen LogP contribution in [0.4, 0.5) is 4.39 Å². The molecule has 0 saturated carbocycles. The van der Waals surface area contributed by atoms with E-state index in [0.717, 1.165) is 17.5 Å². The number of carbonyl (C=O) groups is 1. The Morgan fingerprint density at radius 2 is 2.00 bits per heavy atom. The number of thioether (sulfide) groups is 1. The first-order chi connectivity index (χ1) is 9.11. The highest BCUT2D eigenvalue weighted by Gasteiger charge is 2.11. The summed E-state index contributed by atoms with van der Waals surface area (Å²) in [6.45, 7) is 4.65. The fourth-order valence-electron chi connectivity index (χ4n) is 1.68. The summed E-state index contributed by atoms with van der Waals surface area (Å²) < 4.78 is 14.7. The predicted molar refractivity (Wildman–Crippen MR) is 71.9 cm³/mol. The summed E-state index contributed by atoms with van der Waals surface area (Å²) in [5.41, 5.74) is 0.508. The van der Waals surface area contributed by atoms with Crippen molar-refractivity contribution >= 4 is 17.5 Å². The van der Waals surface area contributed by atoms with E-state index >= 15 is 0 Å². The summed E-state index contributed by atoms with van der Waals surface area (Å²) in [4.78, 5) is 11.9. The van der Waals surface area contributed by atoms with Crippen LogP contribution in [0.5, 0.6) is 0 Å². The molecule has 100 valence electrons. The van der Waals surface area contributed by atoms with Crippen LogP contribution < -0.4 is 0 Å². The number of aryl methyl sites for hydroxylation is 1. The van der Waals surface area contributed by atoms with Crippen molar-refractivity contribution in [3.8, 4) is 0 Å². The predicted octanol–water partition coefficient (Wildman–Crippen LogP) is 2.72. The van der Waals surface area contributed by atoms with Crippen LogP contribution >= 0.6 is 11.8 Å². The lowest BCUT2D eigenvalue weighted by Gasteiger charge is -2.04. The van der Waals surface area contributed by atoms with E-state index in [-0.39, 0.29) is 17.4 Å². The van der Waals surface area contributed by atoms with Crippen molar-refractivity contribution in [3.05, 3.63) is 41.5 Å². The molecule has 0 radical (unpaired) electrons. The lowest BCUT2D eigenvalue weighted by molar-refractivity contribution is 0.102. The Balaban J connectivity index is 2.02. The molecule has 0 aliphatic rings. The van der Waals surface area contributed by atoms with Crippen molar-refractivity contribution in [2.75, 3.05) is 5.75 Å². The third kappa shape index (κ3) is 3.20. The van der Waals surface area contributed by atoms with Gasteiger partial charge in [0.05, 0.1) is 5.75 Å². The van der Waals surface area contributed by atoms with Gasteiger partial charge in [-0.1, -0.05) is 11.8 Å². The Labute approximate surface area is 115 Å². The maximum absolute atomic E-state index is 12.8. The summed E-state index contributed by atoms with van der Waals surface area (Å²) >= 11 is 1.35. The smallest absolute Gasteiger partial charge is 0.191 e. The standard InChI is InChI=1S/C13H14FN3OS/c1-3-17-9(2)15-16-13(17)19-8-12(18)10-4-6-11(14)7-5-10/h4-7H,3,8H2,1-2H3. The molecule has 0 N–H and O–H groups in total. The molecule has 0 saturated heterocycles. The molecule has 0 atom stereocenters. The summed E-state index contributed by atoms with van der Waals surface area (Å²) in [5, 5.41) is 8.74. The van der Waals surface area contributed by atoms with E-state index in [1.165, 1.54) is 36.0 Å². The maximum atomic E-state index is 12.8. The van der Waals surface area contributed by atoms with Gasteiger partial charge in [-0.05, 0) is 38.1 Å². The summed E-state index contributed by atoms with van der Waals surface area (Å²) in [5.74, 6) is 0.710. The zero-order valence-corrected chi connectivity index (χ0v) is 11.6. The van der Waals surface area contributed by atoms with Gasteiger partial charge in [-0.15, -0.1) is 10.2 Å². The zero-order chi connectivity index (χ0) is 13.8. The van der Waals surface area contributed by atoms with E-state index in [4.69, 9.17) is 0 Å². The van der Waals surface area contributed by atoms with Crippen molar-refractivity contribution in [2.45, 2.75) is 25.5 Å². The third-order valence-corrected chi connectivity index (χ3v) is 3.68. The molecule has 19 heavy (non-hydrogen) atoms. The van der Waals surface area contributed by atoms with Crippen LogP contribution in [0.2, 0.25) is 0 Å². The van der Waals surface area contributed by atoms with Gasteiger partial charge in [0.25, 0.3) is 0 Å². The second kappa shape index (κ2) is 5.97. The maximum Gasteiger partial charge on any atom is 0.191 e. The van der Waals surface area contributed by atoms with Gasteiger partial charge in [0, 0.05) is 12.1 Å². The number of nitrogens with zero attached hydrogens (tertiary/aromatic N) is 3. The summed E-state index contributed by atoms with van der Waals surface area (Å²) in [6.07, 6.45) is 0. The minimum Gasteiger partial charge on any atom is -0.307 e. The molecule has 1 aromatic carbocycles. The number of hydrogen-bond acceptors (Lipinski definition) is 4. The molecule has 0 bridgehead atoms. The topological polar surface area (TPSA) is 47.8 Å². The van der Waals surface area contributed by atoms with Gasteiger partial charge in [-0.25, -0.2) is 4.39 Å². The van der Waals surface area contributed by atoms with Crippen molar-refractivity contribution < 1.29 is 9.18 Å². The largest absolute Gasteiger partial charge is 0.307 e. The Morgan fingerprint density at radius 1 is 1.32 bits per heavy atom. The molecule has 0 unspecified atom stereocenters. The molecule has 0 spiro atoms. The number of halogens is 1. The van der Waals surface area contributed by atoms with E-state index in [1.807, 2.05) is 18.4 Å². The van der Waals surface area contributed by atoms with Gasteiger partial charge in [0.1, 0.15) is 11.6 Å². The highest BCUT2D eigenvalue weighted by atomic mass is 32.2. The molecular weight excluding hydrogens is 265 g/mol. The van der Waals surface area contributed by atoms with Gasteiger partial charge in [-0.3, -0.25) is 4.79 Å². The SMILES string of the molecule is CCn1c(C)nnc1SCC(=O)c1ccc(F)cc1. The number of ketones is 1. The van der Waals surface area contributed by atoms with Gasteiger partial charge < -0.3 is 4.57 Å². The molecule has 2 aromatic rings. The molecule has 6 heteroatoms. The van der Waals surface area contributed by atoms with Crippen LogP contribution in [0.1, 0.15) is 23.1 Å². The zero-order valence-electron chi connectivity index (χ0n) is 10.8. The third-order valence-electron chi connectivity index (χ3n) is 2.72. The Bertz CT molecular complexity index is 580. The Morgan fingerprint density at radius 3 is 2.63 bits per heavy atom. The average molecular weight is 279 g/mol. The molecule has 0 aliphatic carbocycles. The Kier molecular flexibility index (Phi) is 4.31. The second-order valence-corrected chi connectivity index (χ2v) is 4.94. The lowest BCUT2D eigenvalue weighted by atomic mass is 10.1. The molecule has 4 nitrogen and oxygen atoms in total. The van der Waals surface area contributed by atoms with Gasteiger partial charge in [0.15, 0.2) is 10.9 Å². The van der Waals surface area contributed by atoms with Crippen LogP contribution in [0.15, 0.2) is 29.4 Å². The second-order valence-electron chi connectivity index (χ2n) is 3.99. The fourth-order valence-corrected chi connectivity index (χ4v) is 2.62. The molecule has 0 aliphatic heterocycles. The molecule has 2 rings (SSSR count). The normalized spacial score (nSPS) is 10.7. The highest BCUT2D eigenvalue weighted by Crippen LogP contribution is 2.18. The minimum absolute atomic E-state index is 0.0479. The molecular formula is C13H14FN3OS. The fraction of sp³-hybridized carbons (Fsp3) is 0.308. The van der Waals surface area contributed by atoms with Crippen LogP contribution in [-0.2, 0) is 6.54 Å². The first-order valence-corrected chi connectivity index (χ1v) is 6.91. The molecule has 1 aromatic heterocycles. The monoisotopic (exact) mass is 279 g/mol. The quantitative estimate of drug-likeness (QED) is 0.623. The van der Waals surface area contributed by atoms with E-state index in [9.17, 15) is 9.18 Å². The van der Waals surface area contributed by atoms with Gasteiger partial charge >= 0.3 is 0 Å². The minimum atomic E-state index is -0.342. The van der Waals surface area contributed by atoms with E-state index < -0.39 is 0 Å². The van der Waals surface area contributed by atoms with E-state index in [2.05, 4.69) is 10.2 Å². The van der Waals surface area contributed by atoms with Crippen LogP contribution in [0.25, 0.3) is 0 Å². The molecule has 1 heterocycles. The van der Waals surface area contributed by atoms with Crippen LogP contribution in [0, 0.1) is 12.7 Å². The molecule has 0 fully saturated rings.